The number of amides is 2. The van der Waals surface area contributed by atoms with E-state index < -0.39 is 22.6 Å². The number of aromatic nitrogens is 1. The molecule has 0 radical (unpaired) electrons. The molecule has 2 aromatic rings. The molecule has 6 nitrogen and oxygen atoms in total. The van der Waals surface area contributed by atoms with Gasteiger partial charge in [-0.1, -0.05) is 47.5 Å². The van der Waals surface area contributed by atoms with Crippen molar-refractivity contribution in [3.05, 3.63) is 33.6 Å². The first-order valence-corrected chi connectivity index (χ1v) is 12.5. The van der Waals surface area contributed by atoms with Crippen LogP contribution in [0.4, 0.5) is 20.0 Å². The molecule has 1 aromatic carbocycles. The number of rotatable bonds is 7. The third-order valence-electron chi connectivity index (χ3n) is 5.04. The number of nitrogens with zero attached hydrogens (tertiary/aromatic N) is 2. The molecule has 1 aliphatic carbocycles. The smallest absolute Gasteiger partial charge is 0.328 e. The zero-order valence-corrected chi connectivity index (χ0v) is 20.9. The summed E-state index contributed by atoms with van der Waals surface area (Å²) in [6.45, 7) is 3.57. The predicted octanol–water partition coefficient (Wildman–Crippen LogP) is 6.88. The number of urea groups is 1. The number of thiazole rings is 1. The van der Waals surface area contributed by atoms with E-state index >= 15 is 0 Å². The Hall–Kier alpha value is -1.36. The van der Waals surface area contributed by atoms with E-state index in [0.29, 0.717) is 20.4 Å². The van der Waals surface area contributed by atoms with Gasteiger partial charge in [-0.2, -0.15) is 0 Å². The minimum atomic E-state index is -1.03. The van der Waals surface area contributed by atoms with Gasteiger partial charge in [0.05, 0.1) is 21.1 Å². The maximum Gasteiger partial charge on any atom is 0.328 e. The van der Waals surface area contributed by atoms with Crippen LogP contribution in [0.1, 0.15) is 39.5 Å². The fourth-order valence-electron chi connectivity index (χ4n) is 3.28. The second-order valence-electron chi connectivity index (χ2n) is 7.79. The molecular weight excluding hydrogens is 529 g/mol. The summed E-state index contributed by atoms with van der Waals surface area (Å²) in [6.07, 6.45) is 5.68. The largest absolute Gasteiger partial charge is 0.480 e. The van der Waals surface area contributed by atoms with Crippen LogP contribution in [0, 0.1) is 11.7 Å². The highest BCUT2D eigenvalue weighted by Gasteiger charge is 2.30. The van der Waals surface area contributed by atoms with Crippen molar-refractivity contribution in [2.45, 2.75) is 48.5 Å². The van der Waals surface area contributed by atoms with Gasteiger partial charge < -0.3 is 5.11 Å². The molecule has 0 spiro atoms. The van der Waals surface area contributed by atoms with Crippen molar-refractivity contribution in [3.63, 3.8) is 0 Å². The van der Waals surface area contributed by atoms with Crippen LogP contribution in [-0.2, 0) is 4.79 Å². The van der Waals surface area contributed by atoms with Gasteiger partial charge in [0.15, 0.2) is 10.9 Å². The number of halogens is 3. The van der Waals surface area contributed by atoms with Crippen molar-refractivity contribution < 1.29 is 19.1 Å². The molecule has 0 saturated heterocycles. The molecule has 0 unspecified atom stereocenters. The summed E-state index contributed by atoms with van der Waals surface area (Å²) in [5, 5.41) is 12.3. The fourth-order valence-corrected chi connectivity index (χ4v) is 6.01. The Labute approximate surface area is 201 Å². The Morgan fingerprint density at radius 3 is 2.74 bits per heavy atom. The number of benzene rings is 1. The number of hydrogen-bond acceptors (Lipinski definition) is 5. The minimum Gasteiger partial charge on any atom is -0.480 e. The van der Waals surface area contributed by atoms with Crippen LogP contribution in [0.25, 0.3) is 0 Å². The molecule has 31 heavy (non-hydrogen) atoms. The molecule has 0 aliphatic heterocycles. The van der Waals surface area contributed by atoms with Crippen molar-refractivity contribution in [2.24, 2.45) is 5.92 Å². The van der Waals surface area contributed by atoms with E-state index in [0.717, 1.165) is 37.4 Å². The van der Waals surface area contributed by atoms with E-state index in [1.54, 1.807) is 19.9 Å². The van der Waals surface area contributed by atoms with Crippen molar-refractivity contribution >= 4 is 73.4 Å². The Morgan fingerprint density at radius 1 is 1.42 bits per heavy atom. The summed E-state index contributed by atoms with van der Waals surface area (Å²) >= 11 is 11.6. The number of thioether (sulfide) groups is 1. The standard InChI is InChI=1S/C20H22BrClFN3O3S2/c1-20(2,17(27)28)31-14-9-24-18(30-14)25-19(29)26(10-11-5-3-4-6-11)13-8-7-12(21)15(22)16(13)23/h7-9,11H,3-6,10H2,1-2H3,(H,27,28)(H,24,25,29). The van der Waals surface area contributed by atoms with Gasteiger partial charge in [-0.3, -0.25) is 15.0 Å². The van der Waals surface area contributed by atoms with E-state index in [-0.39, 0.29) is 16.6 Å². The first-order valence-electron chi connectivity index (χ1n) is 9.68. The first kappa shape index (κ1) is 24.3. The van der Waals surface area contributed by atoms with Gasteiger partial charge in [0.2, 0.25) is 0 Å². The molecule has 2 N–H and O–H groups in total. The zero-order chi connectivity index (χ0) is 22.8. The van der Waals surface area contributed by atoms with E-state index in [2.05, 4.69) is 26.2 Å². The lowest BCUT2D eigenvalue weighted by molar-refractivity contribution is -0.138. The highest BCUT2D eigenvalue weighted by Crippen LogP contribution is 2.38. The molecule has 1 heterocycles. The van der Waals surface area contributed by atoms with Crippen LogP contribution in [0.2, 0.25) is 5.02 Å². The van der Waals surface area contributed by atoms with Gasteiger partial charge in [-0.15, -0.1) is 0 Å². The number of carbonyl (C=O) groups excluding carboxylic acids is 1. The van der Waals surface area contributed by atoms with Crippen molar-refractivity contribution in [1.29, 1.82) is 0 Å². The van der Waals surface area contributed by atoms with Gasteiger partial charge >= 0.3 is 12.0 Å². The lowest BCUT2D eigenvalue weighted by Gasteiger charge is -2.26. The summed E-state index contributed by atoms with van der Waals surface area (Å²) in [5.41, 5.74) is 0.107. The van der Waals surface area contributed by atoms with E-state index in [1.807, 2.05) is 0 Å². The van der Waals surface area contributed by atoms with Crippen molar-refractivity contribution in [3.8, 4) is 0 Å². The molecule has 0 bridgehead atoms. The number of nitrogens with one attached hydrogen (secondary N) is 1. The van der Waals surface area contributed by atoms with Crippen LogP contribution in [0.15, 0.2) is 27.0 Å². The summed E-state index contributed by atoms with van der Waals surface area (Å²) in [7, 11) is 0. The number of carboxylic acids is 1. The molecule has 3 rings (SSSR count). The van der Waals surface area contributed by atoms with Gasteiger partial charge in [0, 0.05) is 11.0 Å². The number of hydrogen-bond donors (Lipinski definition) is 2. The van der Waals surface area contributed by atoms with Gasteiger partial charge in [0.1, 0.15) is 4.75 Å². The quantitative estimate of drug-likeness (QED) is 0.290. The lowest BCUT2D eigenvalue weighted by atomic mass is 10.1. The maximum absolute atomic E-state index is 14.9. The predicted molar refractivity (Wildman–Crippen MR) is 127 cm³/mol. The van der Waals surface area contributed by atoms with Gasteiger partial charge in [-0.05, 0) is 60.7 Å². The van der Waals surface area contributed by atoms with Gasteiger partial charge in [0.25, 0.3) is 0 Å². The number of carboxylic acid groups (broad SMARTS) is 1. The van der Waals surface area contributed by atoms with Crippen LogP contribution >= 0.6 is 50.6 Å². The zero-order valence-electron chi connectivity index (χ0n) is 17.0. The fraction of sp³-hybridized carbons (Fsp3) is 0.450. The summed E-state index contributed by atoms with van der Waals surface area (Å²) in [5.74, 6) is -1.32. The van der Waals surface area contributed by atoms with Crippen LogP contribution in [0.3, 0.4) is 0 Å². The average Bonchev–Trinajstić information content (AvgIpc) is 3.36. The summed E-state index contributed by atoms with van der Waals surface area (Å²) in [4.78, 5) is 30.0. The number of anilines is 2. The van der Waals surface area contributed by atoms with Crippen molar-refractivity contribution in [1.82, 2.24) is 4.98 Å². The Morgan fingerprint density at radius 2 is 2.10 bits per heavy atom. The third-order valence-corrected chi connectivity index (χ3v) is 8.49. The van der Waals surface area contributed by atoms with E-state index in [1.165, 1.54) is 28.5 Å². The monoisotopic (exact) mass is 549 g/mol. The second kappa shape index (κ2) is 10.1. The molecule has 1 aliphatic rings. The normalized spacial score (nSPS) is 14.6. The van der Waals surface area contributed by atoms with E-state index in [9.17, 15) is 19.1 Å². The Bertz CT molecular complexity index is 983. The number of aliphatic carboxylic acids is 1. The molecule has 0 atom stereocenters. The summed E-state index contributed by atoms with van der Waals surface area (Å²) < 4.78 is 14.9. The van der Waals surface area contributed by atoms with E-state index in [4.69, 9.17) is 11.6 Å². The van der Waals surface area contributed by atoms with Gasteiger partial charge in [-0.25, -0.2) is 14.2 Å². The second-order valence-corrected chi connectivity index (χ2v) is 12.0. The third kappa shape index (κ3) is 5.91. The van der Waals surface area contributed by atoms with Crippen LogP contribution in [-0.4, -0.2) is 33.4 Å². The molecule has 2 amide bonds. The maximum atomic E-state index is 14.9. The highest BCUT2D eigenvalue weighted by molar-refractivity contribution is 9.10. The number of carbonyl (C=O) groups is 2. The van der Waals surface area contributed by atoms with Crippen LogP contribution < -0.4 is 10.2 Å². The average molecular weight is 551 g/mol. The minimum absolute atomic E-state index is 0.0782. The Balaban J connectivity index is 1.81. The SMILES string of the molecule is CC(C)(Sc1cnc(NC(=O)N(CC2CCCC2)c2ccc(Br)c(Cl)c2F)s1)C(=O)O. The molecular formula is C20H22BrClFN3O3S2. The van der Waals surface area contributed by atoms with Crippen molar-refractivity contribution in [2.75, 3.05) is 16.8 Å². The van der Waals surface area contributed by atoms with Crippen LogP contribution in [0.5, 0.6) is 0 Å². The molecule has 1 saturated carbocycles. The Kier molecular flexibility index (Phi) is 7.88. The highest BCUT2D eigenvalue weighted by atomic mass is 79.9. The molecule has 1 aromatic heterocycles. The molecule has 168 valence electrons. The topological polar surface area (TPSA) is 82.5 Å². The first-order chi connectivity index (χ1) is 14.6. The summed E-state index contributed by atoms with van der Waals surface area (Å²) in [6, 6.07) is 2.63. The lowest BCUT2D eigenvalue weighted by Crippen LogP contribution is -2.38. The molecule has 1 fully saturated rings. The molecule has 11 heteroatoms.